The Hall–Kier alpha value is 1.14. The van der Waals surface area contributed by atoms with E-state index in [2.05, 4.69) is 0 Å². The molecule has 0 amide bonds. The standard InChI is InChI=1S/2Ag.BF4.H2O4S/c;;2-1(3,4)5;1-5(2,3)4/h;;;(H2,1,2,3,4)/q;;-1;. The van der Waals surface area contributed by atoms with Crippen molar-refractivity contribution in [1.29, 1.82) is 0 Å². The van der Waals surface area contributed by atoms with Gasteiger partial charge in [0.05, 0.1) is 0 Å². The second kappa shape index (κ2) is 8.72. The summed E-state index contributed by atoms with van der Waals surface area (Å²) in [7, 11) is -10.7. The third kappa shape index (κ3) is 887. The first-order chi connectivity index (χ1) is 4.00. The van der Waals surface area contributed by atoms with Gasteiger partial charge in [-0.2, -0.15) is 8.42 Å². The monoisotopic (exact) mass is 399 g/mol. The number of rotatable bonds is 0. The SMILES string of the molecule is F[B-](F)(F)F.O=S(=O)(O)O.[Ag].[Ag]. The van der Waals surface area contributed by atoms with E-state index in [0.717, 1.165) is 0 Å². The molecule has 0 fully saturated rings. The predicted octanol–water partition coefficient (Wildman–Crippen LogP) is 0.642. The van der Waals surface area contributed by atoms with E-state index in [0.29, 0.717) is 0 Å². The third-order valence-corrected chi connectivity index (χ3v) is 0. The van der Waals surface area contributed by atoms with Crippen molar-refractivity contribution >= 4 is 17.7 Å². The molecule has 0 aliphatic carbocycles. The average Bonchev–Trinajstić information content (AvgIpc) is 1.12. The first-order valence-corrected chi connectivity index (χ1v) is 2.97. The summed E-state index contributed by atoms with van der Waals surface area (Å²) in [5, 5.41) is 0. The van der Waals surface area contributed by atoms with Crippen molar-refractivity contribution in [2.75, 3.05) is 0 Å². The molecule has 86 valence electrons. The fourth-order valence-corrected chi connectivity index (χ4v) is 0. The molecule has 0 aromatic carbocycles. The Morgan fingerprint density at radius 2 is 0.917 bits per heavy atom. The maximum atomic E-state index is 9.75. The van der Waals surface area contributed by atoms with Crippen molar-refractivity contribution in [2.24, 2.45) is 0 Å². The van der Waals surface area contributed by atoms with Gasteiger partial charge in [0.2, 0.25) is 0 Å². The van der Waals surface area contributed by atoms with Crippen LogP contribution >= 0.6 is 0 Å². The third-order valence-electron chi connectivity index (χ3n) is 0. The first-order valence-electron chi connectivity index (χ1n) is 1.57. The van der Waals surface area contributed by atoms with Crippen molar-refractivity contribution in [3.63, 3.8) is 0 Å². The van der Waals surface area contributed by atoms with E-state index >= 15 is 0 Å². The van der Waals surface area contributed by atoms with E-state index in [9.17, 15) is 17.3 Å². The summed E-state index contributed by atoms with van der Waals surface area (Å²) >= 11 is 0. The van der Waals surface area contributed by atoms with E-state index in [1.165, 1.54) is 0 Å². The fourth-order valence-electron chi connectivity index (χ4n) is 0. The summed E-state index contributed by atoms with van der Waals surface area (Å²) in [5.41, 5.74) is 0. The number of hydrogen-bond donors (Lipinski definition) is 2. The van der Waals surface area contributed by atoms with Crippen LogP contribution in [0.25, 0.3) is 0 Å². The maximum absolute atomic E-state index is 9.75. The minimum Gasteiger partial charge on any atom is -0.418 e. The Morgan fingerprint density at radius 1 is 0.917 bits per heavy atom. The van der Waals surface area contributed by atoms with Gasteiger partial charge in [-0.15, -0.1) is 0 Å². The Bertz CT molecular complexity index is 160. The van der Waals surface area contributed by atoms with Crippen molar-refractivity contribution in [2.45, 2.75) is 0 Å². The van der Waals surface area contributed by atoms with Crippen LogP contribution in [0.3, 0.4) is 0 Å². The molecule has 0 aliphatic rings. The summed E-state index contributed by atoms with van der Waals surface area (Å²) in [6.45, 7) is 0. The van der Waals surface area contributed by atoms with Gasteiger partial charge in [-0.25, -0.2) is 0 Å². The second-order valence-corrected chi connectivity index (χ2v) is 1.84. The molecule has 0 atom stereocenters. The Balaban J connectivity index is -0.0000000457. The maximum Gasteiger partial charge on any atom is 0.673 e. The van der Waals surface area contributed by atoms with E-state index in [4.69, 9.17) is 17.5 Å². The molecule has 0 rings (SSSR count). The largest absolute Gasteiger partial charge is 0.673 e. The predicted molar refractivity (Wildman–Crippen MR) is 24.4 cm³/mol. The smallest absolute Gasteiger partial charge is 0.418 e. The van der Waals surface area contributed by atoms with E-state index in [1.807, 2.05) is 0 Å². The Labute approximate surface area is 96.8 Å². The molecule has 0 aromatic rings. The Morgan fingerprint density at radius 3 is 0.917 bits per heavy atom. The van der Waals surface area contributed by atoms with Crippen molar-refractivity contribution < 1.29 is 79.5 Å². The minimum atomic E-state index is -6.00. The molecule has 0 aliphatic heterocycles. The minimum absolute atomic E-state index is 0. The topological polar surface area (TPSA) is 74.6 Å². The van der Waals surface area contributed by atoms with Crippen LogP contribution in [0.4, 0.5) is 17.3 Å². The van der Waals surface area contributed by atoms with Crippen LogP contribution in [0, 0.1) is 0 Å². The van der Waals surface area contributed by atoms with Crippen molar-refractivity contribution in [3.05, 3.63) is 0 Å². The van der Waals surface area contributed by atoms with Gasteiger partial charge < -0.3 is 17.3 Å². The molecule has 0 aromatic heterocycles. The van der Waals surface area contributed by atoms with Gasteiger partial charge in [-0.3, -0.25) is 9.11 Å². The molecular formula is H2Ag2BF4O4S-. The summed E-state index contributed by atoms with van der Waals surface area (Å²) < 4.78 is 70.6. The van der Waals surface area contributed by atoms with Crippen LogP contribution in [0.2, 0.25) is 0 Å². The van der Waals surface area contributed by atoms with Gasteiger partial charge >= 0.3 is 17.7 Å². The second-order valence-electron chi connectivity index (χ2n) is 0.943. The fraction of sp³-hybridized carbons (Fsp3) is 0. The molecule has 2 radical (unpaired) electrons. The average molecular weight is 401 g/mol. The molecule has 12 heavy (non-hydrogen) atoms. The molecule has 2 N–H and O–H groups in total. The first kappa shape index (κ1) is 23.2. The van der Waals surface area contributed by atoms with Gasteiger partial charge in [0.15, 0.2) is 0 Å². The summed E-state index contributed by atoms with van der Waals surface area (Å²) in [6, 6.07) is 0. The van der Waals surface area contributed by atoms with Crippen LogP contribution in [0.15, 0.2) is 0 Å². The summed E-state index contributed by atoms with van der Waals surface area (Å²) in [5.74, 6) is 0. The van der Waals surface area contributed by atoms with Crippen LogP contribution in [-0.4, -0.2) is 24.8 Å². The van der Waals surface area contributed by atoms with E-state index in [-0.39, 0.29) is 44.8 Å². The molecule has 0 spiro atoms. The molecule has 4 nitrogen and oxygen atoms in total. The van der Waals surface area contributed by atoms with Crippen LogP contribution in [0.5, 0.6) is 0 Å². The normalized spacial score (nSPS) is 9.83. The van der Waals surface area contributed by atoms with Gasteiger partial charge in [0.25, 0.3) is 0 Å². The van der Waals surface area contributed by atoms with Gasteiger partial charge in [-0.05, 0) is 0 Å². The number of hydrogen-bond acceptors (Lipinski definition) is 2. The van der Waals surface area contributed by atoms with E-state index in [1.54, 1.807) is 0 Å². The summed E-state index contributed by atoms with van der Waals surface area (Å²) in [4.78, 5) is 0. The zero-order valence-corrected chi connectivity index (χ0v) is 8.59. The van der Waals surface area contributed by atoms with Crippen LogP contribution in [-0.2, 0) is 55.2 Å². The molecule has 0 unspecified atom stereocenters. The Kier molecular flexibility index (Phi) is 16.8. The zero-order chi connectivity index (χ0) is 9.00. The van der Waals surface area contributed by atoms with Gasteiger partial charge in [0.1, 0.15) is 0 Å². The van der Waals surface area contributed by atoms with Crippen molar-refractivity contribution in [1.82, 2.24) is 0 Å². The molecule has 0 bridgehead atoms. The van der Waals surface area contributed by atoms with E-state index < -0.39 is 17.7 Å². The van der Waals surface area contributed by atoms with Crippen molar-refractivity contribution in [3.8, 4) is 0 Å². The molecule has 0 saturated heterocycles. The van der Waals surface area contributed by atoms with Gasteiger partial charge in [0, 0.05) is 44.8 Å². The molecule has 12 heteroatoms. The van der Waals surface area contributed by atoms with Gasteiger partial charge in [-0.1, -0.05) is 0 Å². The van der Waals surface area contributed by atoms with Crippen LogP contribution < -0.4 is 0 Å². The molecular weight excluding hydrogens is 399 g/mol. The molecule has 0 heterocycles. The molecule has 0 saturated carbocycles. The number of halogens is 4. The zero-order valence-electron chi connectivity index (χ0n) is 4.81. The van der Waals surface area contributed by atoms with Crippen LogP contribution in [0.1, 0.15) is 0 Å². The quantitative estimate of drug-likeness (QED) is 0.356. The summed E-state index contributed by atoms with van der Waals surface area (Å²) in [6.07, 6.45) is 0.